The second kappa shape index (κ2) is 5.48. The molecule has 0 fully saturated rings. The topological polar surface area (TPSA) is 56.1 Å². The van der Waals surface area contributed by atoms with E-state index in [1.54, 1.807) is 6.20 Å². The van der Waals surface area contributed by atoms with Crippen LogP contribution in [0.25, 0.3) is 0 Å². The van der Waals surface area contributed by atoms with Crippen LogP contribution in [0.3, 0.4) is 0 Å². The van der Waals surface area contributed by atoms with Crippen molar-refractivity contribution in [2.24, 2.45) is 0 Å². The summed E-state index contributed by atoms with van der Waals surface area (Å²) in [6, 6.07) is 7.45. The SMILES string of the molecule is CC(C)(C)Oc1cccc(NC(=O)c2cnc3n2CCC3)c1. The highest BCUT2D eigenvalue weighted by atomic mass is 16.5. The Morgan fingerprint density at radius 1 is 1.36 bits per heavy atom. The number of anilines is 1. The molecule has 1 amide bonds. The molecular formula is C17H21N3O2. The van der Waals surface area contributed by atoms with Gasteiger partial charge in [0.25, 0.3) is 5.91 Å². The van der Waals surface area contributed by atoms with E-state index in [9.17, 15) is 4.79 Å². The van der Waals surface area contributed by atoms with Crippen LogP contribution in [0, 0.1) is 0 Å². The van der Waals surface area contributed by atoms with E-state index in [1.807, 2.05) is 49.6 Å². The van der Waals surface area contributed by atoms with Crippen molar-refractivity contribution in [1.29, 1.82) is 0 Å². The quantitative estimate of drug-likeness (QED) is 0.946. The number of imidazole rings is 1. The second-order valence-electron chi connectivity index (χ2n) is 6.51. The van der Waals surface area contributed by atoms with Crippen molar-refractivity contribution in [3.63, 3.8) is 0 Å². The van der Waals surface area contributed by atoms with Gasteiger partial charge in [-0.05, 0) is 39.3 Å². The number of hydrogen-bond acceptors (Lipinski definition) is 3. The van der Waals surface area contributed by atoms with Crippen LogP contribution in [-0.4, -0.2) is 21.1 Å². The lowest BCUT2D eigenvalue weighted by Gasteiger charge is -2.21. The van der Waals surface area contributed by atoms with Crippen LogP contribution in [-0.2, 0) is 13.0 Å². The molecule has 3 rings (SSSR count). The summed E-state index contributed by atoms with van der Waals surface area (Å²) in [5.74, 6) is 1.60. The summed E-state index contributed by atoms with van der Waals surface area (Å²) in [7, 11) is 0. The van der Waals surface area contributed by atoms with Gasteiger partial charge in [0.1, 0.15) is 22.9 Å². The minimum Gasteiger partial charge on any atom is -0.488 e. The van der Waals surface area contributed by atoms with Gasteiger partial charge >= 0.3 is 0 Å². The van der Waals surface area contributed by atoms with Crippen LogP contribution < -0.4 is 10.1 Å². The first-order valence-corrected chi connectivity index (χ1v) is 7.57. The van der Waals surface area contributed by atoms with Crippen LogP contribution in [0.15, 0.2) is 30.5 Å². The summed E-state index contributed by atoms with van der Waals surface area (Å²) >= 11 is 0. The Morgan fingerprint density at radius 3 is 2.95 bits per heavy atom. The van der Waals surface area contributed by atoms with Gasteiger partial charge < -0.3 is 14.6 Å². The normalized spacial score (nSPS) is 13.8. The molecule has 116 valence electrons. The number of ether oxygens (including phenoxy) is 1. The highest BCUT2D eigenvalue weighted by Crippen LogP contribution is 2.23. The molecule has 2 aromatic rings. The standard InChI is InChI=1S/C17H21N3O2/c1-17(2,3)22-13-7-4-6-12(10-13)19-16(21)14-11-18-15-8-5-9-20(14)15/h4,6-7,10-11H,5,8-9H2,1-3H3,(H,19,21). The van der Waals surface area contributed by atoms with Gasteiger partial charge in [-0.1, -0.05) is 6.07 Å². The van der Waals surface area contributed by atoms with Crippen LogP contribution in [0.4, 0.5) is 5.69 Å². The summed E-state index contributed by atoms with van der Waals surface area (Å²) in [5, 5.41) is 2.92. The molecule has 0 spiro atoms. The van der Waals surface area contributed by atoms with Gasteiger partial charge in [0, 0.05) is 24.7 Å². The fourth-order valence-electron chi connectivity index (χ4n) is 2.63. The number of aromatic nitrogens is 2. The van der Waals surface area contributed by atoms with Crippen LogP contribution in [0.1, 0.15) is 43.5 Å². The van der Waals surface area contributed by atoms with E-state index in [0.29, 0.717) is 5.69 Å². The average molecular weight is 299 g/mol. The second-order valence-corrected chi connectivity index (χ2v) is 6.51. The third-order valence-electron chi connectivity index (χ3n) is 3.47. The number of carbonyl (C=O) groups is 1. The molecule has 1 aliphatic rings. The van der Waals surface area contributed by atoms with Crippen LogP contribution >= 0.6 is 0 Å². The van der Waals surface area contributed by atoms with Crippen molar-refractivity contribution in [1.82, 2.24) is 9.55 Å². The summed E-state index contributed by atoms with van der Waals surface area (Å²) in [6.45, 7) is 6.85. The summed E-state index contributed by atoms with van der Waals surface area (Å²) in [5.41, 5.74) is 1.07. The molecule has 5 heteroatoms. The molecule has 0 radical (unpaired) electrons. The number of nitrogens with zero attached hydrogens (tertiary/aromatic N) is 2. The molecule has 1 aliphatic heterocycles. The van der Waals surface area contributed by atoms with Gasteiger partial charge in [-0.3, -0.25) is 4.79 Å². The fourth-order valence-corrected chi connectivity index (χ4v) is 2.63. The predicted octanol–water partition coefficient (Wildman–Crippen LogP) is 3.26. The van der Waals surface area contributed by atoms with Crippen molar-refractivity contribution in [2.45, 2.75) is 45.8 Å². The molecule has 22 heavy (non-hydrogen) atoms. The number of fused-ring (bicyclic) bond motifs is 1. The largest absolute Gasteiger partial charge is 0.488 e. The van der Waals surface area contributed by atoms with Crippen LogP contribution in [0.5, 0.6) is 5.75 Å². The molecule has 1 aromatic carbocycles. The lowest BCUT2D eigenvalue weighted by Crippen LogP contribution is -2.23. The smallest absolute Gasteiger partial charge is 0.273 e. The monoisotopic (exact) mass is 299 g/mol. The molecule has 0 unspecified atom stereocenters. The number of carbonyl (C=O) groups excluding carboxylic acids is 1. The Balaban J connectivity index is 1.75. The Hall–Kier alpha value is -2.30. The van der Waals surface area contributed by atoms with E-state index in [1.165, 1.54) is 0 Å². The number of amides is 1. The molecule has 1 N–H and O–H groups in total. The maximum Gasteiger partial charge on any atom is 0.273 e. The number of rotatable bonds is 3. The summed E-state index contributed by atoms with van der Waals surface area (Å²) in [4.78, 5) is 16.7. The van der Waals surface area contributed by atoms with Gasteiger partial charge in [0.2, 0.25) is 0 Å². The Kier molecular flexibility index (Phi) is 3.64. The molecule has 0 aliphatic carbocycles. The molecule has 0 atom stereocenters. The maximum atomic E-state index is 12.4. The highest BCUT2D eigenvalue weighted by molar-refractivity contribution is 6.03. The lowest BCUT2D eigenvalue weighted by molar-refractivity contribution is 0.101. The fraction of sp³-hybridized carbons (Fsp3) is 0.412. The zero-order valence-corrected chi connectivity index (χ0v) is 13.2. The van der Waals surface area contributed by atoms with E-state index >= 15 is 0 Å². The highest BCUT2D eigenvalue weighted by Gasteiger charge is 2.20. The molecule has 0 bridgehead atoms. The number of aryl methyl sites for hydroxylation is 1. The molecule has 0 saturated heterocycles. The zero-order chi connectivity index (χ0) is 15.7. The van der Waals surface area contributed by atoms with E-state index in [2.05, 4.69) is 10.3 Å². The maximum absolute atomic E-state index is 12.4. The third-order valence-corrected chi connectivity index (χ3v) is 3.47. The van der Waals surface area contributed by atoms with Crippen LogP contribution in [0.2, 0.25) is 0 Å². The zero-order valence-electron chi connectivity index (χ0n) is 13.2. The van der Waals surface area contributed by atoms with Crippen molar-refractivity contribution < 1.29 is 9.53 Å². The lowest BCUT2D eigenvalue weighted by atomic mass is 10.2. The van der Waals surface area contributed by atoms with Crippen molar-refractivity contribution >= 4 is 11.6 Å². The minimum absolute atomic E-state index is 0.131. The van der Waals surface area contributed by atoms with Gasteiger partial charge in [-0.2, -0.15) is 0 Å². The minimum atomic E-state index is -0.269. The predicted molar refractivity (Wildman–Crippen MR) is 85.3 cm³/mol. The first-order valence-electron chi connectivity index (χ1n) is 7.57. The van der Waals surface area contributed by atoms with Crippen molar-refractivity contribution in [2.75, 3.05) is 5.32 Å². The van der Waals surface area contributed by atoms with E-state index in [0.717, 1.165) is 36.6 Å². The van der Waals surface area contributed by atoms with Gasteiger partial charge in [-0.25, -0.2) is 4.98 Å². The molecule has 5 nitrogen and oxygen atoms in total. The summed E-state index contributed by atoms with van der Waals surface area (Å²) < 4.78 is 7.81. The molecule has 2 heterocycles. The summed E-state index contributed by atoms with van der Waals surface area (Å²) in [6.07, 6.45) is 3.65. The number of hydrogen-bond donors (Lipinski definition) is 1. The van der Waals surface area contributed by atoms with E-state index < -0.39 is 0 Å². The Labute approximate surface area is 130 Å². The Morgan fingerprint density at radius 2 is 2.18 bits per heavy atom. The average Bonchev–Trinajstić information content (AvgIpc) is 2.98. The molecule has 0 saturated carbocycles. The Bertz CT molecular complexity index is 698. The third kappa shape index (κ3) is 3.13. The molecular weight excluding hydrogens is 278 g/mol. The van der Waals surface area contributed by atoms with Crippen molar-refractivity contribution in [3.8, 4) is 5.75 Å². The van der Waals surface area contributed by atoms with E-state index in [4.69, 9.17) is 4.74 Å². The van der Waals surface area contributed by atoms with Gasteiger partial charge in [0.05, 0.1) is 6.20 Å². The number of benzene rings is 1. The number of nitrogens with one attached hydrogen (secondary N) is 1. The van der Waals surface area contributed by atoms with E-state index in [-0.39, 0.29) is 11.5 Å². The van der Waals surface area contributed by atoms with Gasteiger partial charge in [0.15, 0.2) is 0 Å². The first-order chi connectivity index (χ1) is 10.4. The van der Waals surface area contributed by atoms with Gasteiger partial charge in [-0.15, -0.1) is 0 Å². The first kappa shape index (κ1) is 14.6. The molecule has 1 aromatic heterocycles. The van der Waals surface area contributed by atoms with Crippen molar-refractivity contribution in [3.05, 3.63) is 42.0 Å².